The molecule has 29 heavy (non-hydrogen) atoms. The molecular formula is C21H24FN5OS. The molecule has 0 bridgehead atoms. The van der Waals surface area contributed by atoms with Crippen molar-refractivity contribution in [2.45, 2.75) is 44.0 Å². The van der Waals surface area contributed by atoms with Gasteiger partial charge in [0.2, 0.25) is 11.1 Å². The minimum absolute atomic E-state index is 0.151. The van der Waals surface area contributed by atoms with Crippen LogP contribution in [0.5, 0.6) is 0 Å². The first-order chi connectivity index (χ1) is 13.8. The highest BCUT2D eigenvalue weighted by Crippen LogP contribution is 2.30. The van der Waals surface area contributed by atoms with Crippen molar-refractivity contribution in [3.63, 3.8) is 0 Å². The molecule has 1 heterocycles. The third-order valence-corrected chi connectivity index (χ3v) is 5.63. The zero-order valence-electron chi connectivity index (χ0n) is 16.8. The molecule has 8 heteroatoms. The number of aryl methyl sites for hydroxylation is 1. The van der Waals surface area contributed by atoms with Crippen molar-refractivity contribution in [2.24, 2.45) is 0 Å². The number of halogens is 1. The van der Waals surface area contributed by atoms with Gasteiger partial charge in [-0.2, -0.15) is 0 Å². The molecule has 1 amide bonds. The van der Waals surface area contributed by atoms with Crippen molar-refractivity contribution in [2.75, 3.05) is 11.2 Å². The predicted molar refractivity (Wildman–Crippen MR) is 115 cm³/mol. The van der Waals surface area contributed by atoms with Crippen molar-refractivity contribution in [3.8, 4) is 11.4 Å². The Morgan fingerprint density at radius 1 is 1.17 bits per heavy atom. The summed E-state index contributed by atoms with van der Waals surface area (Å²) in [5.41, 5.74) is 3.46. The van der Waals surface area contributed by atoms with Crippen LogP contribution in [0.4, 0.5) is 10.1 Å². The van der Waals surface area contributed by atoms with Crippen LogP contribution in [0.2, 0.25) is 0 Å². The van der Waals surface area contributed by atoms with Crippen LogP contribution in [0, 0.1) is 12.7 Å². The topological polar surface area (TPSA) is 85.8 Å². The van der Waals surface area contributed by atoms with Crippen LogP contribution in [0.15, 0.2) is 47.6 Å². The molecule has 1 aromatic heterocycles. The summed E-state index contributed by atoms with van der Waals surface area (Å²) in [5.74, 6) is 6.18. The van der Waals surface area contributed by atoms with Gasteiger partial charge in [-0.15, -0.1) is 10.2 Å². The number of thioether (sulfide) groups is 1. The molecule has 1 atom stereocenters. The maximum Gasteiger partial charge on any atom is 0.237 e. The highest BCUT2D eigenvalue weighted by Gasteiger charge is 2.22. The van der Waals surface area contributed by atoms with Crippen molar-refractivity contribution >= 4 is 23.4 Å². The number of nitrogens with two attached hydrogens (primary N) is 1. The summed E-state index contributed by atoms with van der Waals surface area (Å²) in [6, 6.07) is 11.9. The van der Waals surface area contributed by atoms with E-state index in [1.54, 1.807) is 19.1 Å². The second kappa shape index (κ2) is 8.65. The van der Waals surface area contributed by atoms with Gasteiger partial charge in [-0.3, -0.25) is 4.79 Å². The number of hydrogen-bond donors (Lipinski definition) is 2. The molecule has 0 saturated carbocycles. The zero-order chi connectivity index (χ0) is 21.1. The van der Waals surface area contributed by atoms with Crippen LogP contribution >= 0.6 is 11.8 Å². The first-order valence-corrected chi connectivity index (χ1v) is 10.2. The fourth-order valence-electron chi connectivity index (χ4n) is 2.96. The molecule has 6 nitrogen and oxygen atoms in total. The van der Waals surface area contributed by atoms with Crippen LogP contribution in [0.3, 0.4) is 0 Å². The number of benzene rings is 2. The second-order valence-electron chi connectivity index (χ2n) is 7.13. The van der Waals surface area contributed by atoms with Gasteiger partial charge in [-0.1, -0.05) is 55.9 Å². The van der Waals surface area contributed by atoms with E-state index in [9.17, 15) is 9.18 Å². The fourth-order valence-corrected chi connectivity index (χ4v) is 3.73. The Morgan fingerprint density at radius 2 is 1.90 bits per heavy atom. The number of nitrogens with zero attached hydrogens (tertiary/aromatic N) is 3. The molecule has 2 aromatic carbocycles. The lowest BCUT2D eigenvalue weighted by Gasteiger charge is -2.18. The minimum Gasteiger partial charge on any atom is -0.335 e. The third-order valence-electron chi connectivity index (χ3n) is 4.57. The number of nitrogens with one attached hydrogen (secondary N) is 1. The molecule has 3 aromatic rings. The van der Waals surface area contributed by atoms with Crippen molar-refractivity contribution in [3.05, 3.63) is 59.4 Å². The van der Waals surface area contributed by atoms with Crippen molar-refractivity contribution in [1.82, 2.24) is 14.9 Å². The summed E-state index contributed by atoms with van der Waals surface area (Å²) >= 11 is 1.20. The van der Waals surface area contributed by atoms with E-state index in [-0.39, 0.29) is 17.6 Å². The van der Waals surface area contributed by atoms with Crippen molar-refractivity contribution < 1.29 is 9.18 Å². The van der Waals surface area contributed by atoms with E-state index in [1.165, 1.54) is 28.6 Å². The Kier molecular flexibility index (Phi) is 6.22. The van der Waals surface area contributed by atoms with Crippen LogP contribution < -0.4 is 11.2 Å². The van der Waals surface area contributed by atoms with E-state index < -0.39 is 5.25 Å². The average Bonchev–Trinajstić information content (AvgIpc) is 3.03. The van der Waals surface area contributed by atoms with Gasteiger partial charge < -0.3 is 11.2 Å². The number of carbonyl (C=O) groups excluding carboxylic acids is 1. The van der Waals surface area contributed by atoms with Gasteiger partial charge >= 0.3 is 0 Å². The van der Waals surface area contributed by atoms with Crippen LogP contribution in [-0.4, -0.2) is 26.0 Å². The maximum atomic E-state index is 13.5. The van der Waals surface area contributed by atoms with Crippen LogP contribution in [0.1, 0.15) is 37.8 Å². The molecule has 0 spiro atoms. The van der Waals surface area contributed by atoms with E-state index in [4.69, 9.17) is 5.84 Å². The maximum absolute atomic E-state index is 13.5. The Hall–Kier alpha value is -2.87. The summed E-state index contributed by atoms with van der Waals surface area (Å²) in [4.78, 5) is 12.8. The quantitative estimate of drug-likeness (QED) is 0.463. The molecule has 0 saturated heterocycles. The number of nitrogen functional groups attached to an aromatic ring is 1. The van der Waals surface area contributed by atoms with Gasteiger partial charge in [-0.05, 0) is 43.0 Å². The molecule has 0 fully saturated rings. The molecule has 0 aliphatic rings. The molecule has 0 radical (unpaired) electrons. The molecule has 3 N–H and O–H groups in total. The lowest BCUT2D eigenvalue weighted by molar-refractivity contribution is -0.115. The Labute approximate surface area is 173 Å². The SMILES string of the molecule is Cc1cccc(C(C)C)c1NC(=O)C(C)Sc1nnc(-c2cccc(F)c2)n1N. The number of carbonyl (C=O) groups is 1. The second-order valence-corrected chi connectivity index (χ2v) is 8.44. The number of amides is 1. The van der Waals surface area contributed by atoms with Gasteiger partial charge in [-0.25, -0.2) is 9.07 Å². The van der Waals surface area contributed by atoms with Crippen LogP contribution in [0.25, 0.3) is 11.4 Å². The number of aromatic nitrogens is 3. The molecule has 1 unspecified atom stereocenters. The summed E-state index contributed by atoms with van der Waals surface area (Å²) in [5, 5.41) is 11.1. The number of para-hydroxylation sites is 1. The standard InChI is InChI=1S/C21H24FN5OS/c1-12(2)17-10-5-7-13(3)18(17)24-20(28)14(4)29-21-26-25-19(27(21)23)15-8-6-9-16(22)11-15/h5-12,14H,23H2,1-4H3,(H,24,28). The predicted octanol–water partition coefficient (Wildman–Crippen LogP) is 4.35. The smallest absolute Gasteiger partial charge is 0.237 e. The van der Waals surface area contributed by atoms with E-state index in [0.29, 0.717) is 16.5 Å². The molecular weight excluding hydrogens is 389 g/mol. The lowest BCUT2D eigenvalue weighted by Crippen LogP contribution is -2.25. The fraction of sp³-hybridized carbons (Fsp3) is 0.286. The van der Waals surface area contributed by atoms with E-state index in [0.717, 1.165) is 16.8 Å². The van der Waals surface area contributed by atoms with Gasteiger partial charge in [0.05, 0.1) is 5.25 Å². The average molecular weight is 414 g/mol. The summed E-state index contributed by atoms with van der Waals surface area (Å²) in [6.45, 7) is 7.94. The number of hydrogen-bond acceptors (Lipinski definition) is 5. The summed E-state index contributed by atoms with van der Waals surface area (Å²) < 4.78 is 14.8. The Morgan fingerprint density at radius 3 is 2.59 bits per heavy atom. The highest BCUT2D eigenvalue weighted by atomic mass is 32.2. The Bertz CT molecular complexity index is 1030. The zero-order valence-corrected chi connectivity index (χ0v) is 17.6. The van der Waals surface area contributed by atoms with Gasteiger partial charge in [0.1, 0.15) is 5.82 Å². The van der Waals surface area contributed by atoms with E-state index in [2.05, 4.69) is 29.4 Å². The van der Waals surface area contributed by atoms with Crippen LogP contribution in [-0.2, 0) is 4.79 Å². The third kappa shape index (κ3) is 4.59. The van der Waals surface area contributed by atoms with Gasteiger partial charge in [0.25, 0.3) is 0 Å². The molecule has 152 valence electrons. The van der Waals surface area contributed by atoms with Gasteiger partial charge in [0.15, 0.2) is 5.82 Å². The first-order valence-electron chi connectivity index (χ1n) is 9.31. The number of rotatable bonds is 6. The summed E-state index contributed by atoms with van der Waals surface area (Å²) in [7, 11) is 0. The van der Waals surface area contributed by atoms with E-state index >= 15 is 0 Å². The van der Waals surface area contributed by atoms with E-state index in [1.807, 2.05) is 25.1 Å². The largest absolute Gasteiger partial charge is 0.335 e. The molecule has 0 aliphatic heterocycles. The normalized spacial score (nSPS) is 12.2. The van der Waals surface area contributed by atoms with Gasteiger partial charge in [0, 0.05) is 11.3 Å². The Balaban J connectivity index is 1.76. The lowest BCUT2D eigenvalue weighted by atomic mass is 9.98. The monoisotopic (exact) mass is 413 g/mol. The first kappa shape index (κ1) is 20.9. The molecule has 0 aliphatic carbocycles. The highest BCUT2D eigenvalue weighted by molar-refractivity contribution is 8.00. The minimum atomic E-state index is -0.457. The molecule has 3 rings (SSSR count). The van der Waals surface area contributed by atoms with Crippen molar-refractivity contribution in [1.29, 1.82) is 0 Å². The summed E-state index contributed by atoms with van der Waals surface area (Å²) in [6.07, 6.45) is 0. The number of anilines is 1.